The Morgan fingerprint density at radius 1 is 1.09 bits per heavy atom. The zero-order valence-corrected chi connectivity index (χ0v) is 21.7. The van der Waals surface area contributed by atoms with E-state index in [0.29, 0.717) is 33.4 Å². The average molecular weight is 514 g/mol. The van der Waals surface area contributed by atoms with E-state index in [9.17, 15) is 18.0 Å². The van der Waals surface area contributed by atoms with Crippen LogP contribution in [0.25, 0.3) is 0 Å². The first-order chi connectivity index (χ1) is 15.3. The van der Waals surface area contributed by atoms with Crippen molar-refractivity contribution in [1.29, 1.82) is 0 Å². The van der Waals surface area contributed by atoms with Crippen LogP contribution in [0.2, 0.25) is 10.0 Å². The smallest absolute Gasteiger partial charge is 0.244 e. The molecule has 0 spiro atoms. The van der Waals surface area contributed by atoms with Crippen molar-refractivity contribution in [3.05, 3.63) is 63.1 Å². The molecule has 0 aliphatic heterocycles. The third-order valence-corrected chi connectivity index (χ3v) is 6.90. The number of amides is 2. The molecule has 2 aromatic carbocycles. The van der Waals surface area contributed by atoms with Gasteiger partial charge in [-0.1, -0.05) is 41.4 Å². The molecule has 2 amide bonds. The maximum absolute atomic E-state index is 13.5. The van der Waals surface area contributed by atoms with Crippen LogP contribution in [0.15, 0.2) is 36.4 Å². The Balaban J connectivity index is 2.46. The predicted molar refractivity (Wildman–Crippen MR) is 133 cm³/mol. The van der Waals surface area contributed by atoms with Gasteiger partial charge in [0.25, 0.3) is 0 Å². The molecule has 7 nitrogen and oxygen atoms in total. The zero-order chi connectivity index (χ0) is 24.9. The first-order valence-electron chi connectivity index (χ1n) is 10.4. The summed E-state index contributed by atoms with van der Waals surface area (Å²) in [6.45, 7) is 6.94. The van der Waals surface area contributed by atoms with Gasteiger partial charge in [-0.15, -0.1) is 0 Å². The summed E-state index contributed by atoms with van der Waals surface area (Å²) in [4.78, 5) is 27.4. The summed E-state index contributed by atoms with van der Waals surface area (Å²) in [6.07, 6.45) is 1.05. The molecular formula is C23H29Cl2N3O4S. The summed E-state index contributed by atoms with van der Waals surface area (Å²) in [6, 6.07) is 9.40. The number of hydrogen-bond acceptors (Lipinski definition) is 4. The number of benzene rings is 2. The molecule has 2 rings (SSSR count). The molecule has 0 aliphatic rings. The second-order valence-electron chi connectivity index (χ2n) is 7.89. The molecule has 2 aromatic rings. The number of nitrogens with zero attached hydrogens (tertiary/aromatic N) is 2. The van der Waals surface area contributed by atoms with Gasteiger partial charge in [-0.2, -0.15) is 0 Å². The van der Waals surface area contributed by atoms with Gasteiger partial charge in [0, 0.05) is 23.1 Å². The van der Waals surface area contributed by atoms with Gasteiger partial charge in [-0.3, -0.25) is 13.9 Å². The fourth-order valence-electron chi connectivity index (χ4n) is 3.32. The predicted octanol–water partition coefficient (Wildman–Crippen LogP) is 3.93. The normalized spacial score (nSPS) is 12.2. The topological polar surface area (TPSA) is 86.8 Å². The summed E-state index contributed by atoms with van der Waals surface area (Å²) >= 11 is 12.3. The van der Waals surface area contributed by atoms with Crippen molar-refractivity contribution in [2.45, 2.75) is 40.3 Å². The van der Waals surface area contributed by atoms with E-state index in [2.05, 4.69) is 5.32 Å². The standard InChI is InChI=1S/C23H29Cl2N3O4S/c1-6-26-23(30)17(4)27(13-18-9-10-19(24)12-20(18)25)22(29)14-28(33(5,31)32)21-11-15(2)7-8-16(21)3/h7-12,17H,6,13-14H2,1-5H3,(H,26,30)/t17-/m1/s1. The van der Waals surface area contributed by atoms with Gasteiger partial charge in [-0.05, 0) is 62.6 Å². The van der Waals surface area contributed by atoms with Crippen LogP contribution in [0.3, 0.4) is 0 Å². The number of anilines is 1. The highest BCUT2D eigenvalue weighted by Crippen LogP contribution is 2.26. The Morgan fingerprint density at radius 2 is 1.76 bits per heavy atom. The van der Waals surface area contributed by atoms with Gasteiger partial charge in [0.05, 0.1) is 11.9 Å². The highest BCUT2D eigenvalue weighted by Gasteiger charge is 2.30. The fraction of sp³-hybridized carbons (Fsp3) is 0.391. The van der Waals surface area contributed by atoms with E-state index in [4.69, 9.17) is 23.2 Å². The first kappa shape index (κ1) is 27.0. The van der Waals surface area contributed by atoms with Crippen molar-refractivity contribution in [2.75, 3.05) is 23.7 Å². The minimum Gasteiger partial charge on any atom is -0.355 e. The lowest BCUT2D eigenvalue weighted by molar-refractivity contribution is -0.139. The number of nitrogens with one attached hydrogen (secondary N) is 1. The molecule has 0 radical (unpaired) electrons. The second kappa shape index (κ2) is 11.2. The monoisotopic (exact) mass is 513 g/mol. The highest BCUT2D eigenvalue weighted by atomic mass is 35.5. The van der Waals surface area contributed by atoms with E-state index >= 15 is 0 Å². The molecule has 1 N–H and O–H groups in total. The summed E-state index contributed by atoms with van der Waals surface area (Å²) in [5, 5.41) is 3.49. The minimum atomic E-state index is -3.79. The Labute approximate surface area is 205 Å². The number of sulfonamides is 1. The number of carbonyl (C=O) groups is 2. The number of halogens is 2. The fourth-order valence-corrected chi connectivity index (χ4v) is 4.69. The zero-order valence-electron chi connectivity index (χ0n) is 19.4. The number of likely N-dealkylation sites (N-methyl/N-ethyl adjacent to an activating group) is 1. The van der Waals surface area contributed by atoms with Crippen LogP contribution in [0.1, 0.15) is 30.5 Å². The summed E-state index contributed by atoms with van der Waals surface area (Å²) in [7, 11) is -3.79. The lowest BCUT2D eigenvalue weighted by atomic mass is 10.1. The van der Waals surface area contributed by atoms with Gasteiger partial charge in [0.1, 0.15) is 12.6 Å². The number of carbonyl (C=O) groups excluding carboxylic acids is 2. The largest absolute Gasteiger partial charge is 0.355 e. The number of hydrogen-bond donors (Lipinski definition) is 1. The van der Waals surface area contributed by atoms with Crippen molar-refractivity contribution >= 4 is 50.7 Å². The van der Waals surface area contributed by atoms with E-state index in [-0.39, 0.29) is 12.5 Å². The molecule has 0 heterocycles. The Kier molecular flexibility index (Phi) is 9.17. The molecule has 180 valence electrons. The van der Waals surface area contributed by atoms with Crippen LogP contribution in [0.4, 0.5) is 5.69 Å². The van der Waals surface area contributed by atoms with Crippen LogP contribution in [-0.2, 0) is 26.2 Å². The Morgan fingerprint density at radius 3 is 2.33 bits per heavy atom. The van der Waals surface area contributed by atoms with E-state index in [1.165, 1.54) is 4.90 Å². The maximum Gasteiger partial charge on any atom is 0.244 e. The summed E-state index contributed by atoms with van der Waals surface area (Å²) in [5.74, 6) is -0.889. The molecule has 1 atom stereocenters. The van der Waals surface area contributed by atoms with Gasteiger partial charge in [0.15, 0.2) is 0 Å². The molecule has 0 fully saturated rings. The first-order valence-corrected chi connectivity index (χ1v) is 13.0. The van der Waals surface area contributed by atoms with Crippen molar-refractivity contribution in [3.63, 3.8) is 0 Å². The molecule has 0 saturated heterocycles. The van der Waals surface area contributed by atoms with E-state index in [1.54, 1.807) is 51.1 Å². The van der Waals surface area contributed by atoms with Gasteiger partial charge >= 0.3 is 0 Å². The lowest BCUT2D eigenvalue weighted by Gasteiger charge is -2.32. The molecule has 0 aliphatic carbocycles. The van der Waals surface area contributed by atoms with Crippen LogP contribution in [0, 0.1) is 13.8 Å². The minimum absolute atomic E-state index is 0.0114. The van der Waals surface area contributed by atoms with E-state index in [0.717, 1.165) is 16.1 Å². The van der Waals surface area contributed by atoms with Crippen LogP contribution < -0.4 is 9.62 Å². The van der Waals surface area contributed by atoms with Crippen LogP contribution >= 0.6 is 23.2 Å². The molecular weight excluding hydrogens is 485 g/mol. The van der Waals surface area contributed by atoms with Crippen LogP contribution in [0.5, 0.6) is 0 Å². The Bertz CT molecular complexity index is 1140. The maximum atomic E-state index is 13.5. The SMILES string of the molecule is CCNC(=O)[C@@H](C)N(Cc1ccc(Cl)cc1Cl)C(=O)CN(c1cc(C)ccc1C)S(C)(=O)=O. The molecule has 0 unspecified atom stereocenters. The van der Waals surface area contributed by atoms with E-state index in [1.807, 2.05) is 13.0 Å². The number of rotatable bonds is 9. The second-order valence-corrected chi connectivity index (χ2v) is 10.6. The molecule has 0 aromatic heterocycles. The van der Waals surface area contributed by atoms with Crippen molar-refractivity contribution in [2.24, 2.45) is 0 Å². The van der Waals surface area contributed by atoms with Gasteiger partial charge in [-0.25, -0.2) is 8.42 Å². The van der Waals surface area contributed by atoms with E-state index < -0.39 is 28.5 Å². The molecule has 10 heteroatoms. The molecule has 33 heavy (non-hydrogen) atoms. The average Bonchev–Trinajstić information content (AvgIpc) is 2.72. The van der Waals surface area contributed by atoms with Crippen molar-refractivity contribution in [3.8, 4) is 0 Å². The van der Waals surface area contributed by atoms with Crippen molar-refractivity contribution in [1.82, 2.24) is 10.2 Å². The van der Waals surface area contributed by atoms with Gasteiger partial charge < -0.3 is 10.2 Å². The van der Waals surface area contributed by atoms with Crippen LogP contribution in [-0.4, -0.2) is 50.5 Å². The molecule has 0 bridgehead atoms. The summed E-state index contributed by atoms with van der Waals surface area (Å²) in [5.41, 5.74) is 2.57. The summed E-state index contributed by atoms with van der Waals surface area (Å²) < 4.78 is 26.4. The quantitative estimate of drug-likeness (QED) is 0.550. The van der Waals surface area contributed by atoms with Crippen molar-refractivity contribution < 1.29 is 18.0 Å². The lowest BCUT2D eigenvalue weighted by Crippen LogP contribution is -2.51. The highest BCUT2D eigenvalue weighted by molar-refractivity contribution is 7.92. The number of aryl methyl sites for hydroxylation is 2. The van der Waals surface area contributed by atoms with Gasteiger partial charge in [0.2, 0.25) is 21.8 Å². The Hall–Kier alpha value is -2.29. The third-order valence-electron chi connectivity index (χ3n) is 5.19. The molecule has 0 saturated carbocycles. The third kappa shape index (κ3) is 7.09.